The molecule has 0 atom stereocenters. The van der Waals surface area contributed by atoms with Gasteiger partial charge in [-0.2, -0.15) is 0 Å². The summed E-state index contributed by atoms with van der Waals surface area (Å²) < 4.78 is 18.3. The highest BCUT2D eigenvalue weighted by atomic mass is 35.5. The number of hydrogen-bond donors (Lipinski definition) is 2. The number of ether oxygens (including phenoxy) is 1. The Balaban J connectivity index is 1.69. The number of nitrogens with one attached hydrogen (secondary N) is 2. The number of rotatable bonds is 7. The van der Waals surface area contributed by atoms with Crippen LogP contribution in [0.4, 0.5) is 10.1 Å². The number of benzene rings is 2. The second kappa shape index (κ2) is 9.89. The Morgan fingerprint density at radius 2 is 1.67 bits per heavy atom. The number of esters is 1. The molecule has 0 spiro atoms. The summed E-state index contributed by atoms with van der Waals surface area (Å²) in [6.45, 7) is -0.555. The topological polar surface area (TPSA) is 84.5 Å². The van der Waals surface area contributed by atoms with Gasteiger partial charge in [0.1, 0.15) is 5.82 Å². The lowest BCUT2D eigenvalue weighted by atomic mass is 10.2. The van der Waals surface area contributed by atoms with Gasteiger partial charge in [-0.15, -0.1) is 0 Å². The van der Waals surface area contributed by atoms with Crippen molar-refractivity contribution in [3.05, 3.63) is 63.9 Å². The van der Waals surface area contributed by atoms with Gasteiger partial charge in [0.15, 0.2) is 6.61 Å². The van der Waals surface area contributed by atoms with E-state index in [9.17, 15) is 18.8 Å². The molecule has 0 saturated carbocycles. The summed E-state index contributed by atoms with van der Waals surface area (Å²) in [5, 5.41) is 5.55. The average Bonchev–Trinajstić information content (AvgIpc) is 2.63. The summed E-state index contributed by atoms with van der Waals surface area (Å²) in [5.74, 6) is -2.43. The molecule has 0 aliphatic rings. The molecule has 0 aromatic heterocycles. The summed E-state index contributed by atoms with van der Waals surface area (Å²) in [6, 6.07) is 9.93. The molecule has 2 amide bonds. The third kappa shape index (κ3) is 6.88. The molecule has 27 heavy (non-hydrogen) atoms. The first-order valence-electron chi connectivity index (χ1n) is 7.79. The largest absolute Gasteiger partial charge is 0.456 e. The molecule has 0 bridgehead atoms. The third-order valence-corrected chi connectivity index (χ3v) is 3.77. The number of hydrogen-bond acceptors (Lipinski definition) is 4. The van der Waals surface area contributed by atoms with Crippen molar-refractivity contribution in [2.24, 2.45) is 0 Å². The van der Waals surface area contributed by atoms with Gasteiger partial charge in [-0.1, -0.05) is 23.2 Å². The molecule has 0 fully saturated rings. The van der Waals surface area contributed by atoms with Crippen LogP contribution in [0.25, 0.3) is 0 Å². The van der Waals surface area contributed by atoms with E-state index in [-0.39, 0.29) is 29.6 Å². The summed E-state index contributed by atoms with van der Waals surface area (Å²) >= 11 is 11.5. The molecule has 0 heterocycles. The van der Waals surface area contributed by atoms with Crippen LogP contribution in [0, 0.1) is 5.82 Å². The molecule has 6 nitrogen and oxygen atoms in total. The number of carbonyl (C=O) groups excluding carboxylic acids is 3. The molecule has 0 aliphatic heterocycles. The molecule has 0 aliphatic carbocycles. The fourth-order valence-electron chi connectivity index (χ4n) is 1.98. The Bertz CT molecular complexity index is 844. The van der Waals surface area contributed by atoms with Gasteiger partial charge in [0.05, 0.1) is 12.1 Å². The highest BCUT2D eigenvalue weighted by Gasteiger charge is 2.11. The lowest BCUT2D eigenvalue weighted by Crippen LogP contribution is -2.27. The molecular weight excluding hydrogens is 398 g/mol. The van der Waals surface area contributed by atoms with Crippen molar-refractivity contribution in [3.8, 4) is 0 Å². The van der Waals surface area contributed by atoms with Crippen LogP contribution in [0.5, 0.6) is 0 Å². The Morgan fingerprint density at radius 3 is 2.37 bits per heavy atom. The Hall–Kier alpha value is -2.64. The Morgan fingerprint density at radius 1 is 1.00 bits per heavy atom. The highest BCUT2D eigenvalue weighted by molar-refractivity contribution is 6.31. The molecule has 2 rings (SSSR count). The molecule has 2 aromatic carbocycles. The van der Waals surface area contributed by atoms with Crippen LogP contribution in [-0.2, 0) is 14.3 Å². The van der Waals surface area contributed by atoms with E-state index in [1.165, 1.54) is 12.1 Å². The van der Waals surface area contributed by atoms with E-state index in [1.54, 1.807) is 24.3 Å². The zero-order chi connectivity index (χ0) is 19.8. The summed E-state index contributed by atoms with van der Waals surface area (Å²) in [4.78, 5) is 35.2. The molecular formula is C18H15Cl2FN2O4. The first-order valence-corrected chi connectivity index (χ1v) is 8.55. The molecule has 9 heteroatoms. The molecule has 2 N–H and O–H groups in total. The van der Waals surface area contributed by atoms with Crippen LogP contribution in [0.1, 0.15) is 16.8 Å². The zero-order valence-electron chi connectivity index (χ0n) is 13.9. The second-order valence-electron chi connectivity index (χ2n) is 5.35. The quantitative estimate of drug-likeness (QED) is 0.682. The Kier molecular flexibility index (Phi) is 7.57. The van der Waals surface area contributed by atoms with Crippen LogP contribution in [0.15, 0.2) is 42.5 Å². The predicted octanol–water partition coefficient (Wildman–Crippen LogP) is 3.43. The van der Waals surface area contributed by atoms with Crippen molar-refractivity contribution in [2.75, 3.05) is 18.5 Å². The smallest absolute Gasteiger partial charge is 0.308 e. The van der Waals surface area contributed by atoms with E-state index < -0.39 is 24.3 Å². The van der Waals surface area contributed by atoms with E-state index in [0.29, 0.717) is 10.6 Å². The molecule has 142 valence electrons. The van der Waals surface area contributed by atoms with Crippen molar-refractivity contribution >= 4 is 46.7 Å². The van der Waals surface area contributed by atoms with Crippen LogP contribution >= 0.6 is 23.2 Å². The second-order valence-corrected chi connectivity index (χ2v) is 6.22. The SMILES string of the molecule is O=C(COC(=O)CCNC(=O)c1ccc(Cl)cc1)Nc1cc(Cl)ccc1F. The van der Waals surface area contributed by atoms with E-state index in [2.05, 4.69) is 10.6 Å². The van der Waals surface area contributed by atoms with Gasteiger partial charge in [0.25, 0.3) is 11.8 Å². The van der Waals surface area contributed by atoms with E-state index >= 15 is 0 Å². The summed E-state index contributed by atoms with van der Waals surface area (Å²) in [7, 11) is 0. The fourth-order valence-corrected chi connectivity index (χ4v) is 2.28. The fraction of sp³-hybridized carbons (Fsp3) is 0.167. The molecule has 0 saturated heterocycles. The van der Waals surface area contributed by atoms with E-state index in [1.807, 2.05) is 0 Å². The van der Waals surface area contributed by atoms with E-state index in [4.69, 9.17) is 27.9 Å². The lowest BCUT2D eigenvalue weighted by Gasteiger charge is -2.08. The van der Waals surface area contributed by atoms with E-state index in [0.717, 1.165) is 6.07 Å². The number of anilines is 1. The zero-order valence-corrected chi connectivity index (χ0v) is 15.4. The van der Waals surface area contributed by atoms with Gasteiger partial charge in [-0.05, 0) is 42.5 Å². The third-order valence-electron chi connectivity index (χ3n) is 3.29. The molecule has 2 aromatic rings. The number of amides is 2. The molecule has 0 radical (unpaired) electrons. The van der Waals surface area contributed by atoms with Crippen molar-refractivity contribution in [3.63, 3.8) is 0 Å². The van der Waals surface area contributed by atoms with Crippen molar-refractivity contribution in [2.45, 2.75) is 6.42 Å². The minimum Gasteiger partial charge on any atom is -0.456 e. The monoisotopic (exact) mass is 412 g/mol. The maximum atomic E-state index is 13.5. The minimum atomic E-state index is -0.713. The number of halogens is 3. The maximum absolute atomic E-state index is 13.5. The lowest BCUT2D eigenvalue weighted by molar-refractivity contribution is -0.147. The van der Waals surface area contributed by atoms with Gasteiger partial charge < -0.3 is 15.4 Å². The highest BCUT2D eigenvalue weighted by Crippen LogP contribution is 2.19. The average molecular weight is 413 g/mol. The normalized spacial score (nSPS) is 10.2. The minimum absolute atomic E-state index is 0.0326. The summed E-state index contributed by atoms with van der Waals surface area (Å²) in [6.07, 6.45) is -0.127. The van der Waals surface area contributed by atoms with Crippen molar-refractivity contribution in [1.29, 1.82) is 0 Å². The number of carbonyl (C=O) groups is 3. The van der Waals surface area contributed by atoms with Crippen LogP contribution in [0.2, 0.25) is 10.0 Å². The first-order chi connectivity index (χ1) is 12.8. The van der Waals surface area contributed by atoms with Gasteiger partial charge in [-0.25, -0.2) is 4.39 Å². The maximum Gasteiger partial charge on any atom is 0.308 e. The molecule has 0 unspecified atom stereocenters. The van der Waals surface area contributed by atoms with Crippen molar-refractivity contribution in [1.82, 2.24) is 5.32 Å². The van der Waals surface area contributed by atoms with Gasteiger partial charge >= 0.3 is 5.97 Å². The summed E-state index contributed by atoms with van der Waals surface area (Å²) in [5.41, 5.74) is 0.287. The predicted molar refractivity (Wildman–Crippen MR) is 99.4 cm³/mol. The van der Waals surface area contributed by atoms with Crippen LogP contribution in [0.3, 0.4) is 0 Å². The van der Waals surface area contributed by atoms with Crippen LogP contribution in [-0.4, -0.2) is 30.9 Å². The van der Waals surface area contributed by atoms with Gasteiger partial charge in [0.2, 0.25) is 0 Å². The standard InChI is InChI=1S/C18H15Cl2FN2O4/c19-12-3-1-11(2-4-12)18(26)22-8-7-17(25)27-10-16(24)23-15-9-13(20)5-6-14(15)21/h1-6,9H,7-8,10H2,(H,22,26)(H,23,24). The first kappa shape index (κ1) is 20.7. The van der Waals surface area contributed by atoms with Crippen LogP contribution < -0.4 is 10.6 Å². The van der Waals surface area contributed by atoms with Gasteiger partial charge in [0, 0.05) is 22.2 Å². The van der Waals surface area contributed by atoms with Crippen molar-refractivity contribution < 1.29 is 23.5 Å². The van der Waals surface area contributed by atoms with Gasteiger partial charge in [-0.3, -0.25) is 14.4 Å². The Labute approximate surface area is 164 Å².